The van der Waals surface area contributed by atoms with E-state index in [1.165, 1.54) is 70.3 Å². The van der Waals surface area contributed by atoms with Crippen LogP contribution in [-0.2, 0) is 55.9 Å². The number of phenolic OH excluding ortho intramolecular Hbond substituents is 3. The van der Waals surface area contributed by atoms with Crippen molar-refractivity contribution in [3.05, 3.63) is 81.4 Å². The fourth-order valence-electron chi connectivity index (χ4n) is 8.93. The number of nitrogens with one attached hydrogen (secondary N) is 4. The molecule has 2 aliphatic carbocycles. The van der Waals surface area contributed by atoms with Gasteiger partial charge >= 0.3 is 5.97 Å². The highest BCUT2D eigenvalue weighted by molar-refractivity contribution is 6.31. The van der Waals surface area contributed by atoms with Crippen molar-refractivity contribution < 1.29 is 93.2 Å². The Bertz CT molecular complexity index is 2690. The molecular formula is C49H57N5O19. The van der Waals surface area contributed by atoms with Gasteiger partial charge in [-0.05, 0) is 51.0 Å². The number of amides is 4. The van der Waals surface area contributed by atoms with E-state index in [9.17, 15) is 69.0 Å². The van der Waals surface area contributed by atoms with E-state index < -0.39 is 150 Å². The number of hydrogen-bond donors (Lipinski definition) is 11. The van der Waals surface area contributed by atoms with Gasteiger partial charge in [-0.15, -0.1) is 0 Å². The Kier molecular flexibility index (Phi) is 17.5. The maximum absolute atomic E-state index is 14.2. The zero-order valence-corrected chi connectivity index (χ0v) is 40.1. The van der Waals surface area contributed by atoms with Crippen LogP contribution in [0.2, 0.25) is 0 Å². The van der Waals surface area contributed by atoms with Crippen molar-refractivity contribution in [2.45, 2.75) is 114 Å². The highest BCUT2D eigenvalue weighted by atomic mass is 16.7. The van der Waals surface area contributed by atoms with E-state index in [-0.39, 0.29) is 71.6 Å². The number of Topliss-reactive ketones (excluding diaryl/α,β-unsaturated/α-hetero) is 1. The number of ketones is 3. The van der Waals surface area contributed by atoms with E-state index in [0.29, 0.717) is 5.56 Å². The zero-order valence-electron chi connectivity index (χ0n) is 40.1. The number of carboxylic acids is 1. The van der Waals surface area contributed by atoms with Crippen LogP contribution in [0.5, 0.6) is 23.0 Å². The van der Waals surface area contributed by atoms with Crippen molar-refractivity contribution in [1.29, 1.82) is 0 Å². The average molecular weight is 1020 g/mol. The van der Waals surface area contributed by atoms with Gasteiger partial charge in [-0.25, -0.2) is 0 Å². The van der Waals surface area contributed by atoms with Crippen molar-refractivity contribution in [3.8, 4) is 23.0 Å². The number of aliphatic hydroxyl groups excluding tert-OH is 2. The normalized spacial score (nSPS) is 22.1. The van der Waals surface area contributed by atoms with Crippen LogP contribution in [0.25, 0.3) is 0 Å². The topological polar surface area (TPSA) is 376 Å². The summed E-state index contributed by atoms with van der Waals surface area (Å²) in [6.07, 6.45) is -6.49. The minimum Gasteiger partial charge on any atom is -0.508 e. The first kappa shape index (κ1) is 54.8. The van der Waals surface area contributed by atoms with Gasteiger partial charge in [0, 0.05) is 55.2 Å². The molecule has 0 unspecified atom stereocenters. The molecule has 24 heteroatoms. The summed E-state index contributed by atoms with van der Waals surface area (Å²) in [5.41, 5.74) is -4.60. The van der Waals surface area contributed by atoms with Crippen molar-refractivity contribution in [1.82, 2.24) is 21.3 Å². The SMILES string of the molecule is COc1cccc2c1C(=O)c1c(O)c3c(c(O)c1C2=O)C[C@@](O)(/C(CO)=N/OCC(=O)N[C@@H](C)C(=O)N[C@@H](Cc1ccc(O)cc1)C(=O)NCC(=O)O)C[C@@H]3O[C@H]1C[C@H](NC(=O)CCCC(C)=O)[C@H](O)[C@H](C)O1. The van der Waals surface area contributed by atoms with E-state index >= 15 is 0 Å². The second kappa shape index (κ2) is 23.4. The summed E-state index contributed by atoms with van der Waals surface area (Å²) in [4.78, 5) is 108. The standard InChI is InChI=1S/C49H57N5O19/c1-22(56)7-5-10-34(58)52-29-16-37(72-24(3)42(29)62)73-32-18-49(69,17-28-39(32)46(66)41-40(44(28)64)43(63)27-8-6-9-31(70-4)38(27)45(41)65)33(20-55)54-71-21-35(59)51-23(2)47(67)53-30(48(68)50-19-36(60)61)15-25-11-13-26(57)14-12-25/h6,8-9,11-14,23-24,29-30,32,37,42,55,57,62,64,66,69H,5,7,10,15-21H2,1-4H3,(H,50,68)(H,51,59)(H,52,58)(H,53,67)(H,60,61)/b54-33+/t23-,24-,29-,30-,32-,37-,42+,49-/m0/s1. The fraction of sp³-hybridized carbons (Fsp3) is 0.449. The molecular weight excluding hydrogens is 963 g/mol. The van der Waals surface area contributed by atoms with E-state index in [1.54, 1.807) is 0 Å². The molecule has 3 aliphatic rings. The molecule has 0 radical (unpaired) electrons. The molecule has 0 saturated carbocycles. The van der Waals surface area contributed by atoms with Crippen LogP contribution in [0.4, 0.5) is 0 Å². The van der Waals surface area contributed by atoms with Gasteiger partial charge in [0.15, 0.2) is 18.7 Å². The molecule has 6 rings (SSSR count). The summed E-state index contributed by atoms with van der Waals surface area (Å²) in [6, 6.07) is 6.22. The third kappa shape index (κ3) is 12.6. The van der Waals surface area contributed by atoms with Crippen molar-refractivity contribution in [2.24, 2.45) is 5.16 Å². The molecule has 4 amide bonds. The number of carbonyl (C=O) groups excluding carboxylic acids is 7. The van der Waals surface area contributed by atoms with Crippen LogP contribution in [0.15, 0.2) is 47.6 Å². The number of benzene rings is 3. The Hall–Kier alpha value is -7.51. The second-order valence-corrected chi connectivity index (χ2v) is 17.9. The first-order valence-corrected chi connectivity index (χ1v) is 23.1. The molecule has 392 valence electrons. The van der Waals surface area contributed by atoms with Gasteiger partial charge < -0.3 is 80.9 Å². The molecule has 11 N–H and O–H groups in total. The zero-order chi connectivity index (χ0) is 53.5. The number of phenols is 3. The van der Waals surface area contributed by atoms with Gasteiger partial charge in [0.2, 0.25) is 23.5 Å². The number of hydrogen-bond acceptors (Lipinski definition) is 19. The summed E-state index contributed by atoms with van der Waals surface area (Å²) in [6.45, 7) is 1.41. The van der Waals surface area contributed by atoms with Gasteiger partial charge in [-0.2, -0.15) is 0 Å². The minimum absolute atomic E-state index is 0.00244. The third-order valence-electron chi connectivity index (χ3n) is 12.6. The molecule has 0 aromatic heterocycles. The lowest BCUT2D eigenvalue weighted by Gasteiger charge is -2.43. The summed E-state index contributed by atoms with van der Waals surface area (Å²) < 4.78 is 17.7. The minimum atomic E-state index is -2.39. The summed E-state index contributed by atoms with van der Waals surface area (Å²) in [5.74, 6) is -8.09. The number of oxime groups is 1. The quantitative estimate of drug-likeness (QED) is 0.0294. The lowest BCUT2D eigenvalue weighted by atomic mass is 9.71. The molecule has 1 aliphatic heterocycles. The molecule has 1 saturated heterocycles. The molecule has 0 bridgehead atoms. The number of aliphatic hydroxyl groups is 3. The number of carboxylic acid groups (broad SMARTS) is 1. The highest BCUT2D eigenvalue weighted by Crippen LogP contribution is 2.52. The van der Waals surface area contributed by atoms with E-state index in [1.807, 2.05) is 0 Å². The van der Waals surface area contributed by atoms with Crippen LogP contribution >= 0.6 is 0 Å². The lowest BCUT2D eigenvalue weighted by Crippen LogP contribution is -2.55. The van der Waals surface area contributed by atoms with Gasteiger partial charge in [-0.1, -0.05) is 29.4 Å². The predicted octanol–water partition coefficient (Wildman–Crippen LogP) is -0.140. The summed E-state index contributed by atoms with van der Waals surface area (Å²) >= 11 is 0. The monoisotopic (exact) mass is 1020 g/mol. The lowest BCUT2D eigenvalue weighted by molar-refractivity contribution is -0.248. The van der Waals surface area contributed by atoms with Crippen LogP contribution < -0.4 is 26.0 Å². The predicted molar refractivity (Wildman–Crippen MR) is 251 cm³/mol. The van der Waals surface area contributed by atoms with Crippen molar-refractivity contribution in [2.75, 3.05) is 26.9 Å². The van der Waals surface area contributed by atoms with E-state index in [4.69, 9.17) is 24.2 Å². The van der Waals surface area contributed by atoms with E-state index in [0.717, 1.165) is 0 Å². The Labute approximate surface area is 416 Å². The van der Waals surface area contributed by atoms with Crippen LogP contribution in [-0.4, -0.2) is 157 Å². The Balaban J connectivity index is 1.25. The van der Waals surface area contributed by atoms with Gasteiger partial charge in [0.05, 0.1) is 48.7 Å². The summed E-state index contributed by atoms with van der Waals surface area (Å²) in [7, 11) is 1.27. The molecule has 0 spiro atoms. The molecule has 8 atom stereocenters. The number of aliphatic carboxylic acids is 1. The third-order valence-corrected chi connectivity index (χ3v) is 12.6. The second-order valence-electron chi connectivity index (χ2n) is 17.9. The maximum atomic E-state index is 14.2. The van der Waals surface area contributed by atoms with Crippen molar-refractivity contribution >= 4 is 52.7 Å². The Morgan fingerprint density at radius 1 is 0.918 bits per heavy atom. The Morgan fingerprint density at radius 3 is 2.27 bits per heavy atom. The van der Waals surface area contributed by atoms with Crippen LogP contribution in [0, 0.1) is 0 Å². The summed E-state index contributed by atoms with van der Waals surface area (Å²) in [5, 5.41) is 90.3. The van der Waals surface area contributed by atoms with Crippen molar-refractivity contribution in [3.63, 3.8) is 0 Å². The molecule has 3 aromatic rings. The van der Waals surface area contributed by atoms with Gasteiger partial charge in [-0.3, -0.25) is 33.6 Å². The fourth-order valence-corrected chi connectivity index (χ4v) is 8.93. The molecule has 1 heterocycles. The average Bonchev–Trinajstić information content (AvgIpc) is 3.33. The maximum Gasteiger partial charge on any atom is 0.322 e. The largest absolute Gasteiger partial charge is 0.508 e. The highest BCUT2D eigenvalue weighted by Gasteiger charge is 2.50. The van der Waals surface area contributed by atoms with Crippen LogP contribution in [0.3, 0.4) is 0 Å². The number of nitrogens with zero attached hydrogens (tertiary/aromatic N) is 1. The number of rotatable bonds is 21. The molecule has 73 heavy (non-hydrogen) atoms. The first-order valence-electron chi connectivity index (χ1n) is 23.1. The Morgan fingerprint density at radius 2 is 1.62 bits per heavy atom. The molecule has 3 aromatic carbocycles. The molecule has 24 nitrogen and oxygen atoms in total. The molecule has 1 fully saturated rings. The number of ether oxygens (including phenoxy) is 3. The first-order chi connectivity index (χ1) is 34.6. The van der Waals surface area contributed by atoms with Gasteiger partial charge in [0.25, 0.3) is 5.91 Å². The van der Waals surface area contributed by atoms with Gasteiger partial charge in [0.1, 0.15) is 64.8 Å². The number of methoxy groups -OCH3 is 1. The van der Waals surface area contributed by atoms with E-state index in [2.05, 4.69) is 26.4 Å². The number of aromatic hydroxyl groups is 3. The smallest absolute Gasteiger partial charge is 0.322 e. The number of carbonyl (C=O) groups is 8. The van der Waals surface area contributed by atoms with Crippen LogP contribution in [0.1, 0.15) is 108 Å². The number of fused-ring (bicyclic) bond motifs is 3.